The van der Waals surface area contributed by atoms with Crippen molar-refractivity contribution in [1.29, 1.82) is 0 Å². The summed E-state index contributed by atoms with van der Waals surface area (Å²) in [6, 6.07) is 2.82. The van der Waals surface area contributed by atoms with Crippen LogP contribution in [0.1, 0.15) is 128 Å². The van der Waals surface area contributed by atoms with Crippen molar-refractivity contribution in [2.24, 2.45) is 47.3 Å². The number of likely N-dealkylation sites (tertiary alicyclic amines) is 1. The highest BCUT2D eigenvalue weighted by Crippen LogP contribution is 2.71. The molecule has 0 radical (unpaired) electrons. The van der Waals surface area contributed by atoms with Crippen LogP contribution in [-0.4, -0.2) is 36.5 Å². The van der Waals surface area contributed by atoms with E-state index in [2.05, 4.69) is 18.0 Å². The summed E-state index contributed by atoms with van der Waals surface area (Å²) in [7, 11) is -1.52. The Balaban J connectivity index is 1.20. The van der Waals surface area contributed by atoms with Gasteiger partial charge in [-0.15, -0.1) is 11.6 Å². The molecule has 0 aromatic carbocycles. The highest BCUT2D eigenvalue weighted by atomic mass is 35.5. The molecule has 0 bridgehead atoms. The van der Waals surface area contributed by atoms with Crippen molar-refractivity contribution in [3.63, 3.8) is 0 Å². The molecule has 0 aromatic rings. The lowest BCUT2D eigenvalue weighted by molar-refractivity contribution is 0.0397. The second-order valence-corrected chi connectivity index (χ2v) is 22.8. The van der Waals surface area contributed by atoms with Gasteiger partial charge in [-0.25, -0.2) is 0 Å². The first kappa shape index (κ1) is 27.0. The number of nitrogens with zero attached hydrogens (tertiary/aromatic N) is 1. The predicted molar refractivity (Wildman–Crippen MR) is 168 cm³/mol. The van der Waals surface area contributed by atoms with Crippen LogP contribution in [0.3, 0.4) is 0 Å². The summed E-state index contributed by atoms with van der Waals surface area (Å²) in [5.74, 6) is 8.49. The molecule has 1 aliphatic heterocycles. The summed E-state index contributed by atoms with van der Waals surface area (Å²) in [5, 5.41) is 0.469. The Kier molecular flexibility index (Phi) is 7.33. The van der Waals surface area contributed by atoms with Crippen LogP contribution >= 0.6 is 11.6 Å². The average Bonchev–Trinajstić information content (AvgIpc) is 3.59. The minimum absolute atomic E-state index is 0.469. The first-order chi connectivity index (χ1) is 19.1. The molecule has 8 fully saturated rings. The fourth-order valence-electron chi connectivity index (χ4n) is 14.8. The van der Waals surface area contributed by atoms with Gasteiger partial charge in [0.2, 0.25) is 0 Å². The Morgan fingerprint density at radius 1 is 0.513 bits per heavy atom. The highest BCUT2D eigenvalue weighted by Gasteiger charge is 2.69. The second-order valence-electron chi connectivity index (χ2n) is 17.2. The lowest BCUT2D eigenvalue weighted by Crippen LogP contribution is -2.50. The third-order valence-corrected chi connectivity index (χ3v) is 21.0. The van der Waals surface area contributed by atoms with E-state index in [1.54, 1.807) is 57.8 Å². The molecule has 1 nitrogen and oxygen atoms in total. The van der Waals surface area contributed by atoms with Crippen molar-refractivity contribution in [3.8, 4) is 0 Å². The van der Waals surface area contributed by atoms with Crippen molar-refractivity contribution in [2.45, 2.75) is 176 Å². The molecule has 8 aliphatic rings. The van der Waals surface area contributed by atoms with Crippen LogP contribution in [0.5, 0.6) is 0 Å². The maximum atomic E-state index is 7.16. The molecule has 8 rings (SSSR count). The highest BCUT2D eigenvalue weighted by molar-refractivity contribution is 6.80. The van der Waals surface area contributed by atoms with E-state index in [4.69, 9.17) is 11.6 Å². The Labute approximate surface area is 247 Å². The largest absolute Gasteiger partial charge is 0.294 e. The van der Waals surface area contributed by atoms with Gasteiger partial charge in [0.1, 0.15) is 0 Å². The summed E-state index contributed by atoms with van der Waals surface area (Å²) in [6.07, 6.45) is 30.5. The van der Waals surface area contributed by atoms with E-state index in [0.717, 1.165) is 76.6 Å². The van der Waals surface area contributed by atoms with Gasteiger partial charge < -0.3 is 0 Å². The SMILES string of the molecule is C[Si](C)(C1C2CCCCC2C2CCCCC21)C1C2CC(Cl)CCC2C2C1C1CCCCC1N2C1CCCCC1. The number of fused-ring (bicyclic) bond motifs is 8. The predicted octanol–water partition coefficient (Wildman–Crippen LogP) is 10.3. The van der Waals surface area contributed by atoms with E-state index in [1.165, 1.54) is 70.6 Å². The van der Waals surface area contributed by atoms with Crippen molar-refractivity contribution >= 4 is 19.7 Å². The fraction of sp³-hybridized carbons (Fsp3) is 1.00. The summed E-state index contributed by atoms with van der Waals surface area (Å²) in [4.78, 5) is 3.35. The normalized spacial score (nSPS) is 52.5. The van der Waals surface area contributed by atoms with E-state index in [-0.39, 0.29) is 0 Å². The fourth-order valence-corrected chi connectivity index (χ4v) is 21.6. The molecule has 12 unspecified atom stereocenters. The minimum Gasteiger partial charge on any atom is -0.294 e. The molecular formula is C36H60ClNSi. The molecule has 3 heteroatoms. The van der Waals surface area contributed by atoms with E-state index in [0.29, 0.717) is 5.38 Å². The van der Waals surface area contributed by atoms with Crippen LogP contribution in [-0.2, 0) is 0 Å². The topological polar surface area (TPSA) is 3.24 Å². The summed E-state index contributed by atoms with van der Waals surface area (Å²) >= 11 is 7.16. The maximum absolute atomic E-state index is 7.16. The van der Waals surface area contributed by atoms with Gasteiger partial charge in [0.05, 0.1) is 8.07 Å². The van der Waals surface area contributed by atoms with Crippen molar-refractivity contribution in [3.05, 3.63) is 0 Å². The number of hydrogen-bond acceptors (Lipinski definition) is 1. The average molecular weight is 570 g/mol. The Morgan fingerprint density at radius 2 is 1.08 bits per heavy atom. The van der Waals surface area contributed by atoms with Crippen molar-refractivity contribution in [2.75, 3.05) is 0 Å². The zero-order chi connectivity index (χ0) is 26.3. The number of alkyl halides is 1. The van der Waals surface area contributed by atoms with Crippen LogP contribution in [0.25, 0.3) is 0 Å². The monoisotopic (exact) mass is 569 g/mol. The van der Waals surface area contributed by atoms with Gasteiger partial charge in [-0.3, -0.25) is 4.90 Å². The molecule has 0 amide bonds. The minimum atomic E-state index is -1.52. The molecule has 7 saturated carbocycles. The Hall–Kier alpha value is 0.467. The lowest BCUT2D eigenvalue weighted by atomic mass is 9.73. The van der Waals surface area contributed by atoms with E-state index in [9.17, 15) is 0 Å². The first-order valence-corrected chi connectivity index (χ1v) is 22.1. The molecular weight excluding hydrogens is 510 g/mol. The van der Waals surface area contributed by atoms with Gasteiger partial charge in [0.25, 0.3) is 0 Å². The molecule has 12 atom stereocenters. The number of rotatable bonds is 3. The Bertz CT molecular complexity index is 861. The summed E-state index contributed by atoms with van der Waals surface area (Å²) in [5.41, 5.74) is 2.21. The molecule has 220 valence electrons. The summed E-state index contributed by atoms with van der Waals surface area (Å²) in [6.45, 7) is 6.03. The third kappa shape index (κ3) is 4.19. The molecule has 39 heavy (non-hydrogen) atoms. The van der Waals surface area contributed by atoms with E-state index >= 15 is 0 Å². The van der Waals surface area contributed by atoms with Crippen molar-refractivity contribution in [1.82, 2.24) is 4.90 Å². The third-order valence-electron chi connectivity index (χ3n) is 15.5. The Morgan fingerprint density at radius 3 is 1.74 bits per heavy atom. The van der Waals surface area contributed by atoms with Crippen LogP contribution in [0.2, 0.25) is 24.2 Å². The summed E-state index contributed by atoms with van der Waals surface area (Å²) < 4.78 is 0. The van der Waals surface area contributed by atoms with Gasteiger partial charge in [-0.05, 0) is 116 Å². The van der Waals surface area contributed by atoms with Crippen LogP contribution < -0.4 is 0 Å². The van der Waals surface area contributed by atoms with Crippen LogP contribution in [0, 0.1) is 47.3 Å². The van der Waals surface area contributed by atoms with Crippen LogP contribution in [0.4, 0.5) is 0 Å². The van der Waals surface area contributed by atoms with Gasteiger partial charge >= 0.3 is 0 Å². The van der Waals surface area contributed by atoms with Crippen LogP contribution in [0.15, 0.2) is 0 Å². The molecule has 0 N–H and O–H groups in total. The number of halogens is 1. The molecule has 1 saturated heterocycles. The quantitative estimate of drug-likeness (QED) is 0.241. The van der Waals surface area contributed by atoms with Gasteiger partial charge in [0.15, 0.2) is 0 Å². The van der Waals surface area contributed by atoms with E-state index in [1.807, 2.05) is 0 Å². The zero-order valence-electron chi connectivity index (χ0n) is 25.6. The lowest BCUT2D eigenvalue weighted by Gasteiger charge is -2.50. The smallest absolute Gasteiger partial charge is 0.0547 e. The number of hydrogen-bond donors (Lipinski definition) is 0. The zero-order valence-corrected chi connectivity index (χ0v) is 27.3. The molecule has 7 aliphatic carbocycles. The molecule has 1 heterocycles. The standard InChI is InChI=1S/C36H60ClNSi/c1-39(2,35-28-16-8-6-14-25(28)26-15-7-9-17-29(26)35)36-31-22-23(37)20-21-27(31)34-33(36)30-18-10-11-19-32(30)38(34)24-12-4-3-5-13-24/h23-36H,3-22H2,1-2H3. The molecule has 0 aromatic heterocycles. The van der Waals surface area contributed by atoms with Gasteiger partial charge in [-0.1, -0.05) is 83.7 Å². The van der Waals surface area contributed by atoms with Crippen molar-refractivity contribution < 1.29 is 0 Å². The van der Waals surface area contributed by atoms with Gasteiger partial charge in [0, 0.05) is 23.5 Å². The first-order valence-electron chi connectivity index (χ1n) is 18.5. The van der Waals surface area contributed by atoms with Gasteiger partial charge in [-0.2, -0.15) is 0 Å². The maximum Gasteiger partial charge on any atom is 0.0547 e. The molecule has 0 spiro atoms. The van der Waals surface area contributed by atoms with E-state index < -0.39 is 8.07 Å². The second kappa shape index (κ2) is 10.6.